The van der Waals surface area contributed by atoms with E-state index >= 15 is 0 Å². The van der Waals surface area contributed by atoms with Crippen molar-refractivity contribution in [2.75, 3.05) is 0 Å². The molecule has 0 N–H and O–H groups in total. The van der Waals surface area contributed by atoms with Crippen LogP contribution in [-0.4, -0.2) is 5.79 Å². The smallest absolute Gasteiger partial charge is 0.165 e. The van der Waals surface area contributed by atoms with Crippen LogP contribution in [0.15, 0.2) is 91.0 Å². The first kappa shape index (κ1) is 16.1. The van der Waals surface area contributed by atoms with Crippen molar-refractivity contribution in [1.82, 2.24) is 0 Å². The maximum Gasteiger partial charge on any atom is 0.165 e. The third kappa shape index (κ3) is 2.78. The van der Waals surface area contributed by atoms with Crippen molar-refractivity contribution >= 4 is 0 Å². The number of hydrogen-bond donors (Lipinski definition) is 0. The topological polar surface area (TPSA) is 18.5 Å². The Hall–Kier alpha value is -2.42. The zero-order valence-corrected chi connectivity index (χ0v) is 14.6. The molecule has 1 heterocycles. The number of ether oxygens (including phenoxy) is 2. The molecule has 1 aliphatic rings. The van der Waals surface area contributed by atoms with Gasteiger partial charge in [-0.15, -0.1) is 0 Å². The number of rotatable bonds is 3. The first-order chi connectivity index (χ1) is 12.1. The predicted octanol–water partition coefficient (Wildman–Crippen LogP) is 5.45. The Balaban J connectivity index is 1.98. The second-order valence-corrected chi connectivity index (χ2v) is 6.88. The van der Waals surface area contributed by atoms with Crippen LogP contribution in [0.4, 0.5) is 0 Å². The quantitative estimate of drug-likeness (QED) is 0.635. The van der Waals surface area contributed by atoms with Crippen LogP contribution in [0.25, 0.3) is 0 Å². The molecule has 3 aromatic rings. The van der Waals surface area contributed by atoms with Crippen LogP contribution in [0.3, 0.4) is 0 Å². The van der Waals surface area contributed by atoms with E-state index in [1.54, 1.807) is 0 Å². The van der Waals surface area contributed by atoms with Gasteiger partial charge in [0, 0.05) is 0 Å². The van der Waals surface area contributed by atoms with E-state index in [2.05, 4.69) is 60.7 Å². The Morgan fingerprint density at radius 1 is 0.640 bits per heavy atom. The minimum Gasteiger partial charge on any atom is -0.339 e. The molecule has 1 atom stereocenters. The third-order valence-corrected chi connectivity index (χ3v) is 4.69. The van der Waals surface area contributed by atoms with Crippen molar-refractivity contribution in [3.63, 3.8) is 0 Å². The molecule has 0 bridgehead atoms. The van der Waals surface area contributed by atoms with E-state index in [1.807, 2.05) is 44.2 Å². The van der Waals surface area contributed by atoms with E-state index < -0.39 is 11.4 Å². The van der Waals surface area contributed by atoms with Gasteiger partial charge in [0.1, 0.15) is 6.10 Å². The molecule has 25 heavy (non-hydrogen) atoms. The van der Waals surface area contributed by atoms with Gasteiger partial charge in [-0.2, -0.15) is 0 Å². The molecule has 0 saturated carbocycles. The van der Waals surface area contributed by atoms with E-state index in [9.17, 15) is 0 Å². The summed E-state index contributed by atoms with van der Waals surface area (Å²) in [4.78, 5) is 0. The van der Waals surface area contributed by atoms with Crippen molar-refractivity contribution in [2.45, 2.75) is 31.3 Å². The zero-order chi connectivity index (χ0) is 17.3. The monoisotopic (exact) mass is 330 g/mol. The van der Waals surface area contributed by atoms with Crippen LogP contribution >= 0.6 is 0 Å². The molecule has 126 valence electrons. The Kier molecular flexibility index (Phi) is 3.95. The SMILES string of the molecule is CC1(C)OC(c2ccccc2)C(c2ccccc2)(c2ccccc2)O1. The van der Waals surface area contributed by atoms with Gasteiger partial charge in [-0.1, -0.05) is 91.0 Å². The second kappa shape index (κ2) is 6.14. The highest BCUT2D eigenvalue weighted by Gasteiger charge is 2.55. The minimum atomic E-state index is -0.688. The highest BCUT2D eigenvalue weighted by molar-refractivity contribution is 5.42. The zero-order valence-electron chi connectivity index (χ0n) is 14.6. The van der Waals surface area contributed by atoms with Crippen molar-refractivity contribution < 1.29 is 9.47 Å². The van der Waals surface area contributed by atoms with Crippen LogP contribution in [0.1, 0.15) is 36.6 Å². The Labute approximate surface area is 149 Å². The molecule has 0 aliphatic carbocycles. The van der Waals surface area contributed by atoms with Gasteiger partial charge in [-0.25, -0.2) is 0 Å². The first-order valence-electron chi connectivity index (χ1n) is 8.66. The van der Waals surface area contributed by atoms with Gasteiger partial charge in [-0.05, 0) is 30.5 Å². The molecule has 0 amide bonds. The molecular weight excluding hydrogens is 308 g/mol. The molecule has 0 radical (unpaired) electrons. The summed E-state index contributed by atoms with van der Waals surface area (Å²) in [5.41, 5.74) is 2.62. The lowest BCUT2D eigenvalue weighted by atomic mass is 9.79. The molecule has 1 fully saturated rings. The van der Waals surface area contributed by atoms with E-state index in [-0.39, 0.29) is 6.10 Å². The van der Waals surface area contributed by atoms with Gasteiger partial charge in [-0.3, -0.25) is 0 Å². The molecular formula is C23H22O2. The van der Waals surface area contributed by atoms with Crippen molar-refractivity contribution in [2.24, 2.45) is 0 Å². The average Bonchev–Trinajstić information content (AvgIpc) is 2.97. The lowest BCUT2D eigenvalue weighted by molar-refractivity contribution is -0.158. The predicted molar refractivity (Wildman–Crippen MR) is 99.1 cm³/mol. The summed E-state index contributed by atoms with van der Waals surface area (Å²) >= 11 is 0. The molecule has 2 heteroatoms. The van der Waals surface area contributed by atoms with Crippen molar-refractivity contribution in [3.8, 4) is 0 Å². The van der Waals surface area contributed by atoms with E-state index in [0.717, 1.165) is 16.7 Å². The fraction of sp³-hybridized carbons (Fsp3) is 0.217. The van der Waals surface area contributed by atoms with E-state index in [1.165, 1.54) is 0 Å². The summed E-state index contributed by atoms with van der Waals surface area (Å²) in [6, 6.07) is 31.1. The maximum atomic E-state index is 6.65. The molecule has 1 saturated heterocycles. The lowest BCUT2D eigenvalue weighted by Gasteiger charge is -2.34. The Morgan fingerprint density at radius 2 is 1.08 bits per heavy atom. The molecule has 0 spiro atoms. The normalized spacial score (nSPS) is 21.1. The van der Waals surface area contributed by atoms with Crippen LogP contribution in [-0.2, 0) is 15.1 Å². The molecule has 3 aromatic carbocycles. The van der Waals surface area contributed by atoms with Gasteiger partial charge >= 0.3 is 0 Å². The molecule has 2 nitrogen and oxygen atoms in total. The number of hydrogen-bond acceptors (Lipinski definition) is 2. The van der Waals surface area contributed by atoms with Gasteiger partial charge in [0.15, 0.2) is 11.4 Å². The van der Waals surface area contributed by atoms with Crippen LogP contribution in [0.2, 0.25) is 0 Å². The maximum absolute atomic E-state index is 6.65. The summed E-state index contributed by atoms with van der Waals surface area (Å²) in [6.45, 7) is 3.97. The summed E-state index contributed by atoms with van der Waals surface area (Å²) in [5, 5.41) is 0. The summed E-state index contributed by atoms with van der Waals surface area (Å²) in [5.74, 6) is -0.688. The van der Waals surface area contributed by atoms with E-state index in [0.29, 0.717) is 0 Å². The first-order valence-corrected chi connectivity index (χ1v) is 8.66. The lowest BCUT2D eigenvalue weighted by Crippen LogP contribution is -2.34. The van der Waals surface area contributed by atoms with Crippen molar-refractivity contribution in [3.05, 3.63) is 108 Å². The van der Waals surface area contributed by atoms with Gasteiger partial charge in [0.2, 0.25) is 0 Å². The average molecular weight is 330 g/mol. The summed E-state index contributed by atoms with van der Waals surface area (Å²) in [6.07, 6.45) is -0.228. The molecule has 4 rings (SSSR count). The van der Waals surface area contributed by atoms with Gasteiger partial charge in [0.05, 0.1) is 0 Å². The Morgan fingerprint density at radius 3 is 1.56 bits per heavy atom. The molecule has 0 aromatic heterocycles. The molecule has 1 unspecified atom stereocenters. The van der Waals surface area contributed by atoms with Crippen LogP contribution < -0.4 is 0 Å². The highest BCUT2D eigenvalue weighted by Crippen LogP contribution is 2.55. The van der Waals surface area contributed by atoms with Crippen molar-refractivity contribution in [1.29, 1.82) is 0 Å². The summed E-state index contributed by atoms with van der Waals surface area (Å²) in [7, 11) is 0. The fourth-order valence-corrected chi connectivity index (χ4v) is 3.72. The third-order valence-electron chi connectivity index (χ3n) is 4.69. The highest BCUT2D eigenvalue weighted by atomic mass is 16.8. The molecule has 1 aliphatic heterocycles. The van der Waals surface area contributed by atoms with Crippen LogP contribution in [0.5, 0.6) is 0 Å². The van der Waals surface area contributed by atoms with E-state index in [4.69, 9.17) is 9.47 Å². The minimum absolute atomic E-state index is 0.228. The van der Waals surface area contributed by atoms with Gasteiger partial charge in [0.25, 0.3) is 0 Å². The number of benzene rings is 3. The summed E-state index contributed by atoms with van der Waals surface area (Å²) < 4.78 is 13.1. The fourth-order valence-electron chi connectivity index (χ4n) is 3.72. The van der Waals surface area contributed by atoms with Crippen LogP contribution in [0, 0.1) is 0 Å². The van der Waals surface area contributed by atoms with Gasteiger partial charge < -0.3 is 9.47 Å². The second-order valence-electron chi connectivity index (χ2n) is 6.88. The standard InChI is InChI=1S/C23H22O2/c1-22(2)24-21(18-12-6-3-7-13-18)23(25-22,19-14-8-4-9-15-19)20-16-10-5-11-17-20/h3-17,21H,1-2H3. The largest absolute Gasteiger partial charge is 0.339 e. The Bertz CT molecular complexity index is 786.